The number of likely N-dealkylation sites (tertiary alicyclic amines) is 1. The van der Waals surface area contributed by atoms with E-state index in [0.29, 0.717) is 0 Å². The summed E-state index contributed by atoms with van der Waals surface area (Å²) in [6, 6.07) is 8.80. The van der Waals surface area contributed by atoms with Gasteiger partial charge in [-0.1, -0.05) is 24.3 Å². The number of ether oxygens (including phenoxy) is 1. The first-order valence-electron chi connectivity index (χ1n) is 9.51. The fourth-order valence-corrected chi connectivity index (χ4v) is 3.88. The summed E-state index contributed by atoms with van der Waals surface area (Å²) in [7, 11) is 1.75. The summed E-state index contributed by atoms with van der Waals surface area (Å²) in [5.41, 5.74) is 4.24. The highest BCUT2D eigenvalue weighted by Crippen LogP contribution is 2.23. The molecule has 0 unspecified atom stereocenters. The molecule has 0 amide bonds. The molecule has 1 aliphatic heterocycles. The van der Waals surface area contributed by atoms with E-state index >= 15 is 0 Å². The Morgan fingerprint density at radius 2 is 2.16 bits per heavy atom. The topological polar surface area (TPSA) is 30.3 Å². The normalized spacial score (nSPS) is 18.6. The van der Waals surface area contributed by atoms with E-state index in [2.05, 4.69) is 45.6 Å². The van der Waals surface area contributed by atoms with Crippen LogP contribution in [0.15, 0.2) is 36.8 Å². The van der Waals surface area contributed by atoms with Gasteiger partial charge < -0.3 is 9.30 Å². The van der Waals surface area contributed by atoms with Gasteiger partial charge in [-0.2, -0.15) is 0 Å². The van der Waals surface area contributed by atoms with Crippen molar-refractivity contribution in [1.82, 2.24) is 14.5 Å². The van der Waals surface area contributed by atoms with Crippen LogP contribution in [-0.2, 0) is 24.2 Å². The predicted molar refractivity (Wildman–Crippen MR) is 102 cm³/mol. The molecule has 4 heteroatoms. The Labute approximate surface area is 151 Å². The van der Waals surface area contributed by atoms with Crippen molar-refractivity contribution in [3.05, 3.63) is 53.6 Å². The first-order valence-corrected chi connectivity index (χ1v) is 9.51. The van der Waals surface area contributed by atoms with E-state index in [4.69, 9.17) is 4.74 Å². The number of hydrogen-bond acceptors (Lipinski definition) is 3. The zero-order valence-corrected chi connectivity index (χ0v) is 15.7. The number of benzene rings is 1. The maximum Gasteiger partial charge on any atom is 0.0949 e. The van der Waals surface area contributed by atoms with Gasteiger partial charge in [-0.05, 0) is 56.2 Å². The van der Waals surface area contributed by atoms with Crippen molar-refractivity contribution in [2.24, 2.45) is 5.92 Å². The Hall–Kier alpha value is -1.65. The summed E-state index contributed by atoms with van der Waals surface area (Å²) < 4.78 is 7.42. The van der Waals surface area contributed by atoms with Crippen LogP contribution in [0.4, 0.5) is 0 Å². The van der Waals surface area contributed by atoms with E-state index in [1.165, 1.54) is 55.6 Å². The number of methoxy groups -OCH3 is 1. The standard InChI is InChI=1S/C21H31N3O/c1-18-6-3-4-8-20(18)10-9-19-7-5-11-23(15-19)16-21-14-22-17-24(21)12-13-25-2/h3-4,6,8,14,17,19H,5,7,9-13,15-16H2,1-2H3/t19-/m1/s1. The molecule has 0 N–H and O–H groups in total. The number of aryl methyl sites for hydroxylation is 2. The molecule has 0 aliphatic carbocycles. The lowest BCUT2D eigenvalue weighted by atomic mass is 9.90. The molecule has 0 radical (unpaired) electrons. The second-order valence-electron chi connectivity index (χ2n) is 7.28. The fraction of sp³-hybridized carbons (Fsp3) is 0.571. The second-order valence-corrected chi connectivity index (χ2v) is 7.28. The molecule has 25 heavy (non-hydrogen) atoms. The molecule has 1 aromatic heterocycles. The van der Waals surface area contributed by atoms with Gasteiger partial charge in [0, 0.05) is 32.9 Å². The molecule has 0 bridgehead atoms. The summed E-state index contributed by atoms with van der Waals surface area (Å²) in [6.45, 7) is 7.27. The molecule has 0 spiro atoms. The van der Waals surface area contributed by atoms with Crippen LogP contribution in [0.1, 0.15) is 36.1 Å². The smallest absolute Gasteiger partial charge is 0.0949 e. The van der Waals surface area contributed by atoms with Crippen molar-refractivity contribution < 1.29 is 4.74 Å². The Kier molecular flexibility index (Phi) is 6.65. The quantitative estimate of drug-likeness (QED) is 0.734. The van der Waals surface area contributed by atoms with Crippen molar-refractivity contribution >= 4 is 0 Å². The van der Waals surface area contributed by atoms with Crippen molar-refractivity contribution in [3.8, 4) is 0 Å². The maximum atomic E-state index is 5.20. The van der Waals surface area contributed by atoms with Crippen LogP contribution in [0.5, 0.6) is 0 Å². The average Bonchev–Trinajstić information content (AvgIpc) is 3.06. The molecule has 4 nitrogen and oxygen atoms in total. The minimum absolute atomic E-state index is 0.739. The van der Waals surface area contributed by atoms with Crippen LogP contribution in [0, 0.1) is 12.8 Å². The number of piperidine rings is 1. The zero-order valence-electron chi connectivity index (χ0n) is 15.7. The minimum atomic E-state index is 0.739. The Morgan fingerprint density at radius 3 is 3.00 bits per heavy atom. The molecule has 1 aromatic carbocycles. The summed E-state index contributed by atoms with van der Waals surface area (Å²) >= 11 is 0. The molecule has 3 rings (SSSR count). The molecule has 2 heterocycles. The molecule has 2 aromatic rings. The van der Waals surface area contributed by atoms with Gasteiger partial charge in [0.25, 0.3) is 0 Å². The number of rotatable bonds is 8. The molecule has 1 fully saturated rings. The molecule has 1 aliphatic rings. The SMILES string of the molecule is COCCn1cncc1CN1CCC[C@H](CCc2ccccc2C)C1. The van der Waals surface area contributed by atoms with Crippen molar-refractivity contribution in [2.45, 2.75) is 45.7 Å². The fourth-order valence-electron chi connectivity index (χ4n) is 3.88. The predicted octanol–water partition coefficient (Wildman–Crippen LogP) is 3.68. The summed E-state index contributed by atoms with van der Waals surface area (Å²) in [6.07, 6.45) is 9.11. The van der Waals surface area contributed by atoms with Crippen LogP contribution in [0.2, 0.25) is 0 Å². The third kappa shape index (κ3) is 5.16. The van der Waals surface area contributed by atoms with Crippen molar-refractivity contribution in [3.63, 3.8) is 0 Å². The highest BCUT2D eigenvalue weighted by atomic mass is 16.5. The van der Waals surface area contributed by atoms with Crippen LogP contribution in [0.25, 0.3) is 0 Å². The molecular formula is C21H31N3O. The molecular weight excluding hydrogens is 310 g/mol. The summed E-state index contributed by atoms with van der Waals surface area (Å²) in [5.74, 6) is 0.809. The zero-order chi connectivity index (χ0) is 17.5. The summed E-state index contributed by atoms with van der Waals surface area (Å²) in [4.78, 5) is 6.93. The Balaban J connectivity index is 1.51. The third-order valence-electron chi connectivity index (χ3n) is 5.41. The number of hydrogen-bond donors (Lipinski definition) is 0. The van der Waals surface area contributed by atoms with Crippen LogP contribution >= 0.6 is 0 Å². The van der Waals surface area contributed by atoms with Gasteiger partial charge in [0.1, 0.15) is 0 Å². The van der Waals surface area contributed by atoms with E-state index in [0.717, 1.165) is 25.6 Å². The van der Waals surface area contributed by atoms with Crippen LogP contribution < -0.4 is 0 Å². The third-order valence-corrected chi connectivity index (χ3v) is 5.41. The van der Waals surface area contributed by atoms with E-state index in [1.54, 1.807) is 7.11 Å². The molecule has 0 saturated carbocycles. The highest BCUT2D eigenvalue weighted by molar-refractivity contribution is 5.25. The van der Waals surface area contributed by atoms with E-state index in [-0.39, 0.29) is 0 Å². The lowest BCUT2D eigenvalue weighted by Gasteiger charge is -2.33. The monoisotopic (exact) mass is 341 g/mol. The second kappa shape index (κ2) is 9.16. The number of aromatic nitrogens is 2. The van der Waals surface area contributed by atoms with E-state index in [1.807, 2.05) is 12.5 Å². The molecule has 1 atom stereocenters. The van der Waals surface area contributed by atoms with Crippen molar-refractivity contribution in [1.29, 1.82) is 0 Å². The minimum Gasteiger partial charge on any atom is -0.383 e. The Morgan fingerprint density at radius 1 is 1.28 bits per heavy atom. The molecule has 1 saturated heterocycles. The largest absolute Gasteiger partial charge is 0.383 e. The van der Waals surface area contributed by atoms with E-state index < -0.39 is 0 Å². The van der Waals surface area contributed by atoms with Gasteiger partial charge in [0.15, 0.2) is 0 Å². The van der Waals surface area contributed by atoms with Gasteiger partial charge in [-0.3, -0.25) is 4.90 Å². The Bertz CT molecular complexity index is 652. The number of nitrogens with zero attached hydrogens (tertiary/aromatic N) is 3. The molecule has 136 valence electrons. The summed E-state index contributed by atoms with van der Waals surface area (Å²) in [5, 5.41) is 0. The van der Waals surface area contributed by atoms with Gasteiger partial charge in [0.05, 0.1) is 18.6 Å². The van der Waals surface area contributed by atoms with E-state index in [9.17, 15) is 0 Å². The lowest BCUT2D eigenvalue weighted by Crippen LogP contribution is -2.35. The lowest BCUT2D eigenvalue weighted by molar-refractivity contribution is 0.155. The average molecular weight is 341 g/mol. The highest BCUT2D eigenvalue weighted by Gasteiger charge is 2.21. The van der Waals surface area contributed by atoms with Crippen LogP contribution in [-0.4, -0.2) is 41.3 Å². The maximum absolute atomic E-state index is 5.20. The van der Waals surface area contributed by atoms with Gasteiger partial charge in [-0.15, -0.1) is 0 Å². The number of imidazole rings is 1. The van der Waals surface area contributed by atoms with Crippen LogP contribution in [0.3, 0.4) is 0 Å². The van der Waals surface area contributed by atoms with Gasteiger partial charge >= 0.3 is 0 Å². The van der Waals surface area contributed by atoms with Crippen molar-refractivity contribution in [2.75, 3.05) is 26.8 Å². The van der Waals surface area contributed by atoms with Gasteiger partial charge in [-0.25, -0.2) is 4.98 Å². The first kappa shape index (κ1) is 18.2. The van der Waals surface area contributed by atoms with Gasteiger partial charge in [0.2, 0.25) is 0 Å². The first-order chi connectivity index (χ1) is 12.3.